The molecule has 114 valence electrons. The van der Waals surface area contributed by atoms with Gasteiger partial charge in [-0.3, -0.25) is 4.90 Å². The Morgan fingerprint density at radius 1 is 1.33 bits per heavy atom. The van der Waals surface area contributed by atoms with Crippen LogP contribution >= 0.6 is 11.3 Å². The van der Waals surface area contributed by atoms with E-state index in [9.17, 15) is 0 Å². The van der Waals surface area contributed by atoms with Crippen LogP contribution in [0, 0.1) is 13.8 Å². The van der Waals surface area contributed by atoms with Crippen molar-refractivity contribution in [3.8, 4) is 0 Å². The molecule has 2 aromatic heterocycles. The van der Waals surface area contributed by atoms with E-state index in [1.165, 1.54) is 11.3 Å². The molecular weight excluding hydrogens is 284 g/mol. The van der Waals surface area contributed by atoms with Gasteiger partial charge in [-0.05, 0) is 33.9 Å². The second-order valence-electron chi connectivity index (χ2n) is 5.82. The van der Waals surface area contributed by atoms with Crippen molar-refractivity contribution in [3.63, 3.8) is 0 Å². The van der Waals surface area contributed by atoms with Crippen LogP contribution < -0.4 is 0 Å². The summed E-state index contributed by atoms with van der Waals surface area (Å²) in [5.41, 5.74) is 0. The van der Waals surface area contributed by atoms with Gasteiger partial charge in [-0.25, -0.2) is 9.97 Å². The minimum Gasteiger partial charge on any atom is -0.445 e. The number of rotatable bonds is 5. The molecular formula is C15H22N4OS. The van der Waals surface area contributed by atoms with Crippen LogP contribution in [0.5, 0.6) is 0 Å². The molecule has 0 unspecified atom stereocenters. The van der Waals surface area contributed by atoms with Crippen LogP contribution in [0.3, 0.4) is 0 Å². The Balaban J connectivity index is 1.73. The molecule has 0 aliphatic carbocycles. The molecule has 1 aliphatic heterocycles. The topological polar surface area (TPSA) is 45.4 Å². The van der Waals surface area contributed by atoms with E-state index >= 15 is 0 Å². The first-order chi connectivity index (χ1) is 10.1. The average Bonchev–Trinajstić information content (AvgIpc) is 3.12. The quantitative estimate of drug-likeness (QED) is 0.849. The van der Waals surface area contributed by atoms with Gasteiger partial charge in [0.05, 0.1) is 17.7 Å². The number of thiazole rings is 1. The predicted molar refractivity (Wildman–Crippen MR) is 83.2 cm³/mol. The van der Waals surface area contributed by atoms with Gasteiger partial charge >= 0.3 is 0 Å². The van der Waals surface area contributed by atoms with E-state index in [0.717, 1.165) is 42.8 Å². The summed E-state index contributed by atoms with van der Waals surface area (Å²) >= 11 is 1.77. The fraction of sp³-hybridized carbons (Fsp3) is 0.600. The van der Waals surface area contributed by atoms with Gasteiger partial charge < -0.3 is 9.32 Å². The number of aryl methyl sites for hydroxylation is 2. The van der Waals surface area contributed by atoms with Crippen molar-refractivity contribution >= 4 is 11.3 Å². The summed E-state index contributed by atoms with van der Waals surface area (Å²) in [7, 11) is 2.18. The number of likely N-dealkylation sites (N-methyl/N-ethyl adjacent to an activating group) is 1. The Hall–Kier alpha value is -1.24. The van der Waals surface area contributed by atoms with E-state index in [1.807, 2.05) is 13.1 Å². The van der Waals surface area contributed by atoms with Crippen LogP contribution in [0.2, 0.25) is 0 Å². The molecule has 1 atom stereocenters. The van der Waals surface area contributed by atoms with Gasteiger partial charge in [-0.2, -0.15) is 0 Å². The third-order valence-electron chi connectivity index (χ3n) is 3.92. The predicted octanol–water partition coefficient (Wildman–Crippen LogP) is 2.45. The fourth-order valence-electron chi connectivity index (χ4n) is 2.85. The Bertz CT molecular complexity index is 552. The van der Waals surface area contributed by atoms with Crippen molar-refractivity contribution in [2.24, 2.45) is 0 Å². The van der Waals surface area contributed by atoms with Crippen molar-refractivity contribution in [1.29, 1.82) is 0 Å². The van der Waals surface area contributed by atoms with Crippen molar-refractivity contribution in [1.82, 2.24) is 19.8 Å². The fourth-order valence-corrected chi connectivity index (χ4v) is 3.67. The number of hydrogen-bond acceptors (Lipinski definition) is 6. The molecule has 0 radical (unpaired) electrons. The smallest absolute Gasteiger partial charge is 0.208 e. The Kier molecular flexibility index (Phi) is 4.37. The van der Waals surface area contributed by atoms with Gasteiger partial charge in [0, 0.05) is 30.2 Å². The number of likely N-dealkylation sites (tertiary alicyclic amines) is 1. The number of oxazole rings is 1. The van der Waals surface area contributed by atoms with Gasteiger partial charge in [-0.1, -0.05) is 0 Å². The molecule has 0 bridgehead atoms. The largest absolute Gasteiger partial charge is 0.445 e. The zero-order valence-corrected chi connectivity index (χ0v) is 13.7. The van der Waals surface area contributed by atoms with Crippen molar-refractivity contribution < 1.29 is 4.42 Å². The standard InChI is InChI=1S/C15H22N4OS/c1-11-6-17-15(20-11)10-19(13-4-5-18(3)8-13)9-14-7-16-12(2)21-14/h6-7,13H,4-5,8-10H2,1-3H3/t13-/m0/s1. The van der Waals surface area contributed by atoms with Gasteiger partial charge in [-0.15, -0.1) is 11.3 Å². The summed E-state index contributed by atoms with van der Waals surface area (Å²) in [6.45, 7) is 7.95. The first-order valence-electron chi connectivity index (χ1n) is 7.35. The minimum atomic E-state index is 0.560. The summed E-state index contributed by atoms with van der Waals surface area (Å²) in [4.78, 5) is 14.9. The summed E-state index contributed by atoms with van der Waals surface area (Å²) < 4.78 is 5.66. The van der Waals surface area contributed by atoms with E-state index in [1.54, 1.807) is 17.5 Å². The highest BCUT2D eigenvalue weighted by atomic mass is 32.1. The van der Waals surface area contributed by atoms with Crippen LogP contribution in [0.15, 0.2) is 16.8 Å². The molecule has 0 aromatic carbocycles. The van der Waals surface area contributed by atoms with Crippen LogP contribution in [-0.4, -0.2) is 45.9 Å². The van der Waals surface area contributed by atoms with Crippen molar-refractivity contribution in [2.75, 3.05) is 20.1 Å². The van der Waals surface area contributed by atoms with E-state index in [0.29, 0.717) is 6.04 Å². The molecule has 2 aromatic rings. The normalized spacial score (nSPS) is 19.7. The summed E-state index contributed by atoms with van der Waals surface area (Å²) in [6.07, 6.45) is 4.99. The van der Waals surface area contributed by atoms with E-state index in [-0.39, 0.29) is 0 Å². The van der Waals surface area contributed by atoms with Gasteiger partial charge in [0.25, 0.3) is 0 Å². The Labute approximate surface area is 129 Å². The monoisotopic (exact) mass is 306 g/mol. The van der Waals surface area contributed by atoms with Crippen LogP contribution in [0.4, 0.5) is 0 Å². The molecule has 0 amide bonds. The average molecular weight is 306 g/mol. The van der Waals surface area contributed by atoms with Crippen molar-refractivity contribution in [2.45, 2.75) is 39.4 Å². The zero-order chi connectivity index (χ0) is 14.8. The van der Waals surface area contributed by atoms with Crippen molar-refractivity contribution in [3.05, 3.63) is 33.9 Å². The summed E-state index contributed by atoms with van der Waals surface area (Å²) in [5.74, 6) is 1.69. The molecule has 21 heavy (non-hydrogen) atoms. The molecule has 3 rings (SSSR count). The van der Waals surface area contributed by atoms with E-state index in [4.69, 9.17) is 4.42 Å². The van der Waals surface area contributed by atoms with Crippen LogP contribution in [-0.2, 0) is 13.1 Å². The molecule has 0 spiro atoms. The zero-order valence-electron chi connectivity index (χ0n) is 12.9. The maximum absolute atomic E-state index is 5.66. The lowest BCUT2D eigenvalue weighted by molar-refractivity contribution is 0.164. The maximum Gasteiger partial charge on any atom is 0.208 e. The first-order valence-corrected chi connectivity index (χ1v) is 8.17. The van der Waals surface area contributed by atoms with Gasteiger partial charge in [0.15, 0.2) is 0 Å². The SMILES string of the molecule is Cc1cnc(CN(Cc2cnc(C)s2)[C@H]2CCN(C)C2)o1. The molecule has 1 saturated heterocycles. The molecule has 1 aliphatic rings. The third-order valence-corrected chi connectivity index (χ3v) is 4.82. The highest BCUT2D eigenvalue weighted by molar-refractivity contribution is 7.11. The van der Waals surface area contributed by atoms with E-state index < -0.39 is 0 Å². The number of hydrogen-bond donors (Lipinski definition) is 0. The lowest BCUT2D eigenvalue weighted by atomic mass is 10.2. The maximum atomic E-state index is 5.66. The Morgan fingerprint density at radius 2 is 2.19 bits per heavy atom. The Morgan fingerprint density at radius 3 is 2.76 bits per heavy atom. The molecule has 0 N–H and O–H groups in total. The molecule has 0 saturated carbocycles. The van der Waals surface area contributed by atoms with Gasteiger partial charge in [0.2, 0.25) is 5.89 Å². The van der Waals surface area contributed by atoms with Gasteiger partial charge in [0.1, 0.15) is 5.76 Å². The molecule has 5 nitrogen and oxygen atoms in total. The minimum absolute atomic E-state index is 0.560. The lowest BCUT2D eigenvalue weighted by Gasteiger charge is -2.26. The first kappa shape index (κ1) is 14.7. The molecule has 3 heterocycles. The second kappa shape index (κ2) is 6.25. The highest BCUT2D eigenvalue weighted by Gasteiger charge is 2.27. The van der Waals surface area contributed by atoms with Crippen LogP contribution in [0.1, 0.15) is 28.0 Å². The number of nitrogens with zero attached hydrogens (tertiary/aromatic N) is 4. The summed E-state index contributed by atoms with van der Waals surface area (Å²) in [5, 5.41) is 1.13. The summed E-state index contributed by atoms with van der Waals surface area (Å²) in [6, 6.07) is 0.560. The third kappa shape index (κ3) is 3.70. The number of aromatic nitrogens is 2. The van der Waals surface area contributed by atoms with E-state index in [2.05, 4.69) is 33.7 Å². The van der Waals surface area contributed by atoms with Crippen LogP contribution in [0.25, 0.3) is 0 Å². The highest BCUT2D eigenvalue weighted by Crippen LogP contribution is 2.22. The molecule has 6 heteroatoms. The second-order valence-corrected chi connectivity index (χ2v) is 7.14. The lowest BCUT2D eigenvalue weighted by Crippen LogP contribution is -2.36. The molecule has 1 fully saturated rings.